The SMILES string of the molecule is CC.CC=C(C)C.CCC(C)CC.CNc1cccc(F)c1.Cc1ccc(C=O)cc1C. The van der Waals surface area contributed by atoms with Crippen molar-refractivity contribution in [3.8, 4) is 0 Å². The first kappa shape index (κ1) is 34.2. The van der Waals surface area contributed by atoms with Gasteiger partial charge in [0.15, 0.2) is 0 Å². The van der Waals surface area contributed by atoms with Crippen molar-refractivity contribution in [3.05, 3.63) is 76.6 Å². The average Bonchev–Trinajstić information content (AvgIpc) is 2.82. The first-order valence-corrected chi connectivity index (χ1v) is 11.7. The van der Waals surface area contributed by atoms with Gasteiger partial charge >= 0.3 is 0 Å². The van der Waals surface area contributed by atoms with Gasteiger partial charge in [-0.05, 0) is 75.9 Å². The predicted molar refractivity (Wildman–Crippen MR) is 143 cm³/mol. The maximum absolute atomic E-state index is 12.3. The van der Waals surface area contributed by atoms with Crippen LogP contribution in [0, 0.1) is 25.6 Å². The molecule has 0 saturated heterocycles. The number of hydrogen-bond donors (Lipinski definition) is 1. The lowest BCUT2D eigenvalue weighted by molar-refractivity contribution is 0.112. The van der Waals surface area contributed by atoms with E-state index in [4.69, 9.17) is 0 Å². The molecule has 0 spiro atoms. The van der Waals surface area contributed by atoms with Gasteiger partial charge in [0.1, 0.15) is 12.1 Å². The minimum absolute atomic E-state index is 0.207. The number of hydrogen-bond acceptors (Lipinski definition) is 2. The third-order valence-corrected chi connectivity index (χ3v) is 4.75. The second kappa shape index (κ2) is 23.2. The Bertz CT molecular complexity index is 730. The van der Waals surface area contributed by atoms with Gasteiger partial charge < -0.3 is 5.32 Å². The number of carbonyl (C=O) groups is 1. The first-order chi connectivity index (χ1) is 15.1. The highest BCUT2D eigenvalue weighted by Crippen LogP contribution is 2.08. The summed E-state index contributed by atoms with van der Waals surface area (Å²) in [5.41, 5.74) is 5.33. The monoisotopic (exact) mass is 445 g/mol. The van der Waals surface area contributed by atoms with Crippen molar-refractivity contribution in [2.45, 2.75) is 82.1 Å². The van der Waals surface area contributed by atoms with E-state index >= 15 is 0 Å². The van der Waals surface area contributed by atoms with Crippen molar-refractivity contribution < 1.29 is 9.18 Å². The van der Waals surface area contributed by atoms with Crippen LogP contribution in [0.3, 0.4) is 0 Å². The molecule has 0 radical (unpaired) electrons. The summed E-state index contributed by atoms with van der Waals surface area (Å²) < 4.78 is 12.3. The van der Waals surface area contributed by atoms with E-state index in [9.17, 15) is 9.18 Å². The van der Waals surface area contributed by atoms with Crippen LogP contribution >= 0.6 is 0 Å². The molecule has 0 atom stereocenters. The molecule has 0 unspecified atom stereocenters. The number of aryl methyl sites for hydroxylation is 2. The van der Waals surface area contributed by atoms with E-state index in [0.717, 1.165) is 23.5 Å². The van der Waals surface area contributed by atoms with E-state index in [1.54, 1.807) is 13.1 Å². The Hall–Kier alpha value is -2.42. The van der Waals surface area contributed by atoms with Crippen molar-refractivity contribution in [2.24, 2.45) is 5.92 Å². The van der Waals surface area contributed by atoms with E-state index in [2.05, 4.69) is 46.0 Å². The van der Waals surface area contributed by atoms with E-state index in [0.29, 0.717) is 0 Å². The zero-order valence-corrected chi connectivity index (χ0v) is 22.5. The highest BCUT2D eigenvalue weighted by atomic mass is 19.1. The van der Waals surface area contributed by atoms with Crippen molar-refractivity contribution in [3.63, 3.8) is 0 Å². The smallest absolute Gasteiger partial charge is 0.150 e. The summed E-state index contributed by atoms with van der Waals surface area (Å²) in [6, 6.07) is 12.0. The van der Waals surface area contributed by atoms with Crippen LogP contribution in [0.1, 0.15) is 89.7 Å². The largest absolute Gasteiger partial charge is 0.388 e. The summed E-state index contributed by atoms with van der Waals surface area (Å²) in [6.07, 6.45) is 5.61. The van der Waals surface area contributed by atoms with Crippen molar-refractivity contribution in [1.82, 2.24) is 0 Å². The molecule has 0 aromatic heterocycles. The van der Waals surface area contributed by atoms with Crippen molar-refractivity contribution in [2.75, 3.05) is 12.4 Å². The van der Waals surface area contributed by atoms with Gasteiger partial charge in [-0.1, -0.05) is 77.3 Å². The summed E-state index contributed by atoms with van der Waals surface area (Å²) in [4.78, 5) is 10.3. The number of aldehydes is 1. The molecule has 0 saturated carbocycles. The Morgan fingerprint density at radius 1 is 1.00 bits per heavy atom. The second-order valence-corrected chi connectivity index (χ2v) is 7.51. The minimum Gasteiger partial charge on any atom is -0.388 e. The summed E-state index contributed by atoms with van der Waals surface area (Å²) in [7, 11) is 1.76. The van der Waals surface area contributed by atoms with Gasteiger partial charge in [0.25, 0.3) is 0 Å². The normalized spacial score (nSPS) is 8.66. The predicted octanol–water partition coefficient (Wildman–Crippen LogP) is 9.42. The molecule has 0 fully saturated rings. The standard InChI is InChI=1S/C9H10O.C7H8FN.C6H14.C5H10.C2H6/c1-7-3-4-9(6-10)5-8(7)2;1-9-7-4-2-3-6(8)5-7;1-4-6(3)5-2;1-4-5(2)3;1-2/h3-6H,1-2H3;2-5,9H,1H3;6H,4-5H2,1-3H3;4H,1-3H3;1-2H3. The molecular weight excluding hydrogens is 397 g/mol. The Morgan fingerprint density at radius 2 is 1.53 bits per heavy atom. The summed E-state index contributed by atoms with van der Waals surface area (Å²) in [5.74, 6) is 0.729. The number of benzene rings is 2. The van der Waals surface area contributed by atoms with Crippen molar-refractivity contribution in [1.29, 1.82) is 0 Å². The average molecular weight is 446 g/mol. The number of anilines is 1. The zero-order valence-electron chi connectivity index (χ0n) is 22.5. The Balaban J connectivity index is -0.000000354. The highest BCUT2D eigenvalue weighted by molar-refractivity contribution is 5.75. The Labute approximate surface area is 198 Å². The van der Waals surface area contributed by atoms with E-state index in [1.807, 2.05) is 58.9 Å². The zero-order chi connectivity index (χ0) is 25.5. The molecule has 32 heavy (non-hydrogen) atoms. The third-order valence-electron chi connectivity index (χ3n) is 4.75. The van der Waals surface area contributed by atoms with Crippen LogP contribution in [0.25, 0.3) is 0 Å². The van der Waals surface area contributed by atoms with E-state index < -0.39 is 0 Å². The maximum Gasteiger partial charge on any atom is 0.150 e. The molecule has 182 valence electrons. The van der Waals surface area contributed by atoms with Crippen LogP contribution in [0.5, 0.6) is 0 Å². The second-order valence-electron chi connectivity index (χ2n) is 7.51. The highest BCUT2D eigenvalue weighted by Gasteiger charge is 1.92. The molecule has 2 aromatic carbocycles. The summed E-state index contributed by atoms with van der Waals surface area (Å²) >= 11 is 0. The molecular formula is C29H48FNO. The van der Waals surface area contributed by atoms with Crippen LogP contribution < -0.4 is 5.32 Å². The molecule has 0 aliphatic carbocycles. The molecule has 0 aliphatic heterocycles. The fourth-order valence-electron chi connectivity index (χ4n) is 1.77. The topological polar surface area (TPSA) is 29.1 Å². The molecule has 2 nitrogen and oxygen atoms in total. The number of rotatable bonds is 4. The molecule has 0 aliphatic rings. The van der Waals surface area contributed by atoms with Gasteiger partial charge in [0.2, 0.25) is 0 Å². The lowest BCUT2D eigenvalue weighted by atomic mass is 10.1. The van der Waals surface area contributed by atoms with Gasteiger partial charge in [-0.25, -0.2) is 4.39 Å². The van der Waals surface area contributed by atoms with E-state index in [1.165, 1.54) is 41.7 Å². The number of allylic oxidation sites excluding steroid dienone is 2. The van der Waals surface area contributed by atoms with E-state index in [-0.39, 0.29) is 5.82 Å². The quantitative estimate of drug-likeness (QED) is 0.375. The summed E-state index contributed by atoms with van der Waals surface area (Å²) in [6.45, 7) is 21.0. The van der Waals surface area contributed by atoms with Gasteiger partial charge in [0.05, 0.1) is 0 Å². The number of nitrogens with one attached hydrogen (secondary N) is 1. The van der Waals surface area contributed by atoms with Crippen LogP contribution in [0.15, 0.2) is 54.1 Å². The van der Waals surface area contributed by atoms with Crippen LogP contribution in [-0.4, -0.2) is 13.3 Å². The van der Waals surface area contributed by atoms with Crippen LogP contribution in [0.4, 0.5) is 10.1 Å². The molecule has 0 heterocycles. The molecule has 1 N–H and O–H groups in total. The molecule has 0 bridgehead atoms. The fourth-order valence-corrected chi connectivity index (χ4v) is 1.77. The number of halogens is 1. The fraction of sp³-hybridized carbons (Fsp3) is 0.483. The minimum atomic E-state index is -0.207. The van der Waals surface area contributed by atoms with Crippen molar-refractivity contribution >= 4 is 12.0 Å². The Kier molecular flexibility index (Phi) is 24.8. The van der Waals surface area contributed by atoms with Crippen LogP contribution in [-0.2, 0) is 0 Å². The van der Waals surface area contributed by atoms with Gasteiger partial charge in [-0.3, -0.25) is 4.79 Å². The maximum atomic E-state index is 12.3. The Morgan fingerprint density at radius 3 is 1.81 bits per heavy atom. The number of carbonyl (C=O) groups excluding carboxylic acids is 1. The summed E-state index contributed by atoms with van der Waals surface area (Å²) in [5, 5.41) is 2.83. The molecule has 0 amide bonds. The van der Waals surface area contributed by atoms with Gasteiger partial charge in [0, 0.05) is 18.3 Å². The molecule has 2 aromatic rings. The van der Waals surface area contributed by atoms with Crippen LogP contribution in [0.2, 0.25) is 0 Å². The van der Waals surface area contributed by atoms with Gasteiger partial charge in [-0.15, -0.1) is 0 Å². The van der Waals surface area contributed by atoms with Gasteiger partial charge in [-0.2, -0.15) is 0 Å². The third kappa shape index (κ3) is 20.8. The molecule has 3 heteroatoms. The lowest BCUT2D eigenvalue weighted by Gasteiger charge is -1.98. The molecule has 2 rings (SSSR count). The first-order valence-electron chi connectivity index (χ1n) is 11.7. The lowest BCUT2D eigenvalue weighted by Crippen LogP contribution is -1.86.